The van der Waals surface area contributed by atoms with Gasteiger partial charge in [0.1, 0.15) is 18.4 Å². The van der Waals surface area contributed by atoms with Crippen LogP contribution < -0.4 is 10.9 Å². The molecule has 0 aromatic carbocycles. The number of nitrogens with one attached hydrogen (secondary N) is 1. The Hall–Kier alpha value is -3.21. The molecule has 118 valence electrons. The van der Waals surface area contributed by atoms with Crippen molar-refractivity contribution in [1.29, 1.82) is 5.26 Å². The molecule has 0 saturated carbocycles. The molecule has 0 bridgehead atoms. The van der Waals surface area contributed by atoms with Gasteiger partial charge in [0, 0.05) is 18.9 Å². The van der Waals surface area contributed by atoms with Crippen LogP contribution in [0.4, 0.5) is 5.82 Å². The number of rotatable bonds is 5. The number of aryl methyl sites for hydroxylation is 1. The summed E-state index contributed by atoms with van der Waals surface area (Å²) in [5, 5.41) is 12.2. The van der Waals surface area contributed by atoms with Gasteiger partial charge in [-0.25, -0.2) is 4.98 Å². The molecule has 0 radical (unpaired) electrons. The van der Waals surface area contributed by atoms with Crippen molar-refractivity contribution in [3.8, 4) is 6.07 Å². The molecule has 0 aliphatic rings. The van der Waals surface area contributed by atoms with Crippen LogP contribution in [0.15, 0.2) is 29.3 Å². The van der Waals surface area contributed by atoms with E-state index in [4.69, 9.17) is 0 Å². The molecule has 0 saturated heterocycles. The largest absolute Gasteiger partial charge is 0.468 e. The van der Waals surface area contributed by atoms with Gasteiger partial charge in [-0.15, -0.1) is 0 Å². The topological polar surface area (TPSA) is 110 Å². The lowest BCUT2D eigenvalue weighted by Gasteiger charge is -2.12. The summed E-state index contributed by atoms with van der Waals surface area (Å²) in [7, 11) is 1.23. The monoisotopic (exact) mass is 313 g/mol. The smallest absolute Gasteiger partial charge is 0.325 e. The third-order valence-electron chi connectivity index (χ3n) is 3.17. The second-order valence-corrected chi connectivity index (χ2v) is 4.68. The maximum absolute atomic E-state index is 12.3. The Morgan fingerprint density at radius 3 is 2.91 bits per heavy atom. The molecule has 0 spiro atoms. The van der Waals surface area contributed by atoms with Crippen molar-refractivity contribution in [1.82, 2.24) is 14.5 Å². The highest BCUT2D eigenvalue weighted by Gasteiger charge is 2.16. The number of anilines is 1. The number of methoxy groups -OCH3 is 1. The SMILES string of the molecule is COC(=O)Cn1c(C)nc(NCc2cccnc2)c(C#N)c1=O. The molecular weight excluding hydrogens is 298 g/mol. The molecule has 2 aromatic heterocycles. The van der Waals surface area contributed by atoms with Gasteiger partial charge in [-0.3, -0.25) is 19.1 Å². The molecule has 2 heterocycles. The zero-order chi connectivity index (χ0) is 16.8. The van der Waals surface area contributed by atoms with Crippen LogP contribution in [0.25, 0.3) is 0 Å². The summed E-state index contributed by atoms with van der Waals surface area (Å²) in [6.45, 7) is 1.67. The molecule has 0 aliphatic carbocycles. The fourth-order valence-corrected chi connectivity index (χ4v) is 1.96. The lowest BCUT2D eigenvalue weighted by molar-refractivity contribution is -0.141. The van der Waals surface area contributed by atoms with Crippen molar-refractivity contribution in [2.45, 2.75) is 20.0 Å². The predicted molar refractivity (Wildman–Crippen MR) is 81.5 cm³/mol. The van der Waals surface area contributed by atoms with Crippen molar-refractivity contribution in [2.24, 2.45) is 0 Å². The lowest BCUT2D eigenvalue weighted by atomic mass is 10.2. The van der Waals surface area contributed by atoms with Crippen molar-refractivity contribution in [3.63, 3.8) is 0 Å². The first-order valence-corrected chi connectivity index (χ1v) is 6.78. The number of hydrogen-bond donors (Lipinski definition) is 1. The van der Waals surface area contributed by atoms with Gasteiger partial charge < -0.3 is 10.1 Å². The average molecular weight is 313 g/mol. The predicted octanol–water partition coefficient (Wildman–Crippen LogP) is 0.603. The van der Waals surface area contributed by atoms with E-state index in [1.165, 1.54) is 7.11 Å². The molecule has 0 amide bonds. The van der Waals surface area contributed by atoms with Crippen LogP contribution in [0.1, 0.15) is 17.0 Å². The lowest BCUT2D eigenvalue weighted by Crippen LogP contribution is -2.30. The maximum Gasteiger partial charge on any atom is 0.325 e. The molecule has 0 atom stereocenters. The van der Waals surface area contributed by atoms with Gasteiger partial charge in [0.15, 0.2) is 11.4 Å². The second kappa shape index (κ2) is 7.17. The summed E-state index contributed by atoms with van der Waals surface area (Å²) < 4.78 is 5.65. The molecule has 0 unspecified atom stereocenters. The summed E-state index contributed by atoms with van der Waals surface area (Å²) in [5.41, 5.74) is 0.150. The molecule has 23 heavy (non-hydrogen) atoms. The van der Waals surface area contributed by atoms with Crippen LogP contribution in [0.3, 0.4) is 0 Å². The first-order valence-electron chi connectivity index (χ1n) is 6.78. The van der Waals surface area contributed by atoms with E-state index in [1.807, 2.05) is 12.1 Å². The third-order valence-corrected chi connectivity index (χ3v) is 3.17. The van der Waals surface area contributed by atoms with Gasteiger partial charge in [-0.05, 0) is 18.6 Å². The summed E-state index contributed by atoms with van der Waals surface area (Å²) in [6.07, 6.45) is 3.32. The van der Waals surface area contributed by atoms with Gasteiger partial charge in [0.25, 0.3) is 5.56 Å². The number of pyridine rings is 1. The van der Waals surface area contributed by atoms with Gasteiger partial charge in [0.05, 0.1) is 7.11 Å². The van der Waals surface area contributed by atoms with Gasteiger partial charge in [0.2, 0.25) is 0 Å². The van der Waals surface area contributed by atoms with Gasteiger partial charge in [-0.1, -0.05) is 6.07 Å². The molecule has 0 aliphatic heterocycles. The maximum atomic E-state index is 12.3. The zero-order valence-electron chi connectivity index (χ0n) is 12.7. The van der Waals surface area contributed by atoms with Gasteiger partial charge in [-0.2, -0.15) is 5.26 Å². The Morgan fingerprint density at radius 1 is 1.52 bits per heavy atom. The molecule has 8 heteroatoms. The van der Waals surface area contributed by atoms with Crippen LogP contribution >= 0.6 is 0 Å². The van der Waals surface area contributed by atoms with E-state index < -0.39 is 11.5 Å². The highest BCUT2D eigenvalue weighted by molar-refractivity contribution is 5.69. The summed E-state index contributed by atoms with van der Waals surface area (Å²) in [4.78, 5) is 31.9. The number of nitrogens with zero attached hydrogens (tertiary/aromatic N) is 4. The second-order valence-electron chi connectivity index (χ2n) is 4.68. The van der Waals surface area contributed by atoms with Crippen molar-refractivity contribution < 1.29 is 9.53 Å². The quantitative estimate of drug-likeness (QED) is 0.805. The number of hydrogen-bond acceptors (Lipinski definition) is 7. The first-order chi connectivity index (χ1) is 11.1. The van der Waals surface area contributed by atoms with Crippen molar-refractivity contribution in [3.05, 3.63) is 51.8 Å². The Balaban J connectivity index is 2.33. The van der Waals surface area contributed by atoms with Crippen LogP contribution in [0.2, 0.25) is 0 Å². The molecule has 2 rings (SSSR count). The summed E-state index contributed by atoms with van der Waals surface area (Å²) >= 11 is 0. The Labute approximate surface area is 132 Å². The molecule has 1 N–H and O–H groups in total. The van der Waals surface area contributed by atoms with E-state index in [2.05, 4.69) is 20.0 Å². The minimum Gasteiger partial charge on any atom is -0.468 e. The normalized spacial score (nSPS) is 9.96. The molecule has 8 nitrogen and oxygen atoms in total. The zero-order valence-corrected chi connectivity index (χ0v) is 12.7. The fourth-order valence-electron chi connectivity index (χ4n) is 1.96. The minimum atomic E-state index is -0.586. The number of aromatic nitrogens is 3. The van der Waals surface area contributed by atoms with Crippen molar-refractivity contribution >= 4 is 11.8 Å². The minimum absolute atomic E-state index is 0.150. The van der Waals surface area contributed by atoms with Crippen LogP contribution in [-0.2, 0) is 22.6 Å². The Morgan fingerprint density at radius 2 is 2.30 bits per heavy atom. The third kappa shape index (κ3) is 3.71. The van der Waals surface area contributed by atoms with Crippen LogP contribution in [0.5, 0.6) is 0 Å². The average Bonchev–Trinajstić information content (AvgIpc) is 2.57. The van der Waals surface area contributed by atoms with E-state index in [0.29, 0.717) is 12.4 Å². The number of esters is 1. The highest BCUT2D eigenvalue weighted by atomic mass is 16.5. The van der Waals surface area contributed by atoms with E-state index in [-0.39, 0.29) is 17.9 Å². The van der Waals surface area contributed by atoms with E-state index >= 15 is 0 Å². The number of carbonyl (C=O) groups is 1. The number of nitriles is 1. The Bertz CT molecular complexity index is 808. The van der Waals surface area contributed by atoms with E-state index in [0.717, 1.165) is 10.1 Å². The van der Waals surface area contributed by atoms with Crippen LogP contribution in [0, 0.1) is 18.3 Å². The summed E-state index contributed by atoms with van der Waals surface area (Å²) in [5.74, 6) is -0.0926. The Kier molecular flexibility index (Phi) is 5.04. The standard InChI is InChI=1S/C15H15N5O3/c1-10-19-14(18-8-11-4-3-5-17-7-11)12(6-16)15(22)20(10)9-13(21)23-2/h3-5,7,18H,8-9H2,1-2H3. The summed E-state index contributed by atoms with van der Waals surface area (Å²) in [6, 6.07) is 5.48. The van der Waals surface area contributed by atoms with E-state index in [9.17, 15) is 14.9 Å². The molecule has 0 fully saturated rings. The fraction of sp³-hybridized carbons (Fsp3) is 0.267. The molecule has 2 aromatic rings. The highest BCUT2D eigenvalue weighted by Crippen LogP contribution is 2.10. The number of carbonyl (C=O) groups excluding carboxylic acids is 1. The first kappa shape index (κ1) is 16.2. The number of ether oxygens (including phenoxy) is 1. The van der Waals surface area contributed by atoms with Crippen molar-refractivity contribution in [2.75, 3.05) is 12.4 Å². The van der Waals surface area contributed by atoms with E-state index in [1.54, 1.807) is 25.4 Å². The van der Waals surface area contributed by atoms with Crippen LogP contribution in [-0.4, -0.2) is 27.6 Å². The van der Waals surface area contributed by atoms with Gasteiger partial charge >= 0.3 is 5.97 Å². The molecular formula is C15H15N5O3.